The maximum atomic E-state index is 12.8. The first-order valence-electron chi connectivity index (χ1n) is 28.2. The molecule has 6 heteroatoms. The Morgan fingerprint density at radius 3 is 0.926 bits per heavy atom. The molecular weight excluding hydrogens is 841 g/mol. The summed E-state index contributed by atoms with van der Waals surface area (Å²) in [6.45, 7) is 6.51. The van der Waals surface area contributed by atoms with Crippen LogP contribution in [0.5, 0.6) is 0 Å². The van der Waals surface area contributed by atoms with Gasteiger partial charge in [0.15, 0.2) is 6.10 Å². The summed E-state index contributed by atoms with van der Waals surface area (Å²) in [5.74, 6) is -0.995. The summed E-state index contributed by atoms with van der Waals surface area (Å²) in [7, 11) is 0. The number of esters is 3. The molecule has 0 aliphatic heterocycles. The number of ether oxygens (including phenoxy) is 3. The van der Waals surface area contributed by atoms with Crippen molar-refractivity contribution in [3.8, 4) is 0 Å². The van der Waals surface area contributed by atoms with E-state index in [1.807, 2.05) is 0 Å². The first-order chi connectivity index (χ1) is 33.5. The van der Waals surface area contributed by atoms with Crippen molar-refractivity contribution in [3.05, 3.63) is 97.2 Å². The van der Waals surface area contributed by atoms with Gasteiger partial charge in [-0.05, 0) is 122 Å². The van der Waals surface area contributed by atoms with Crippen LogP contribution in [0.1, 0.15) is 258 Å². The van der Waals surface area contributed by atoms with Gasteiger partial charge in [-0.2, -0.15) is 0 Å². The van der Waals surface area contributed by atoms with Crippen molar-refractivity contribution < 1.29 is 28.6 Å². The third-order valence-electron chi connectivity index (χ3n) is 11.8. The number of unbranched alkanes of at least 4 members (excludes halogenated alkanes) is 23. The average Bonchev–Trinajstić information content (AvgIpc) is 3.34. The fraction of sp³-hybridized carbons (Fsp3) is 0.694. The normalized spacial score (nSPS) is 12.8. The summed E-state index contributed by atoms with van der Waals surface area (Å²) in [5, 5.41) is 0. The lowest BCUT2D eigenvalue weighted by molar-refractivity contribution is -0.167. The molecule has 0 bridgehead atoms. The Bertz CT molecular complexity index is 1360. The summed E-state index contributed by atoms with van der Waals surface area (Å²) >= 11 is 0. The topological polar surface area (TPSA) is 78.9 Å². The van der Waals surface area contributed by atoms with Crippen molar-refractivity contribution in [3.63, 3.8) is 0 Å². The fourth-order valence-electron chi connectivity index (χ4n) is 7.49. The monoisotopic (exact) mass is 945 g/mol. The van der Waals surface area contributed by atoms with Crippen LogP contribution in [0.15, 0.2) is 97.2 Å². The predicted molar refractivity (Wildman–Crippen MR) is 293 cm³/mol. The molecule has 0 heterocycles. The number of carbonyl (C=O) groups is 3. The first kappa shape index (κ1) is 64.3. The zero-order valence-corrected chi connectivity index (χ0v) is 44.3. The minimum absolute atomic E-state index is 0.109. The Hall–Kier alpha value is -3.67. The molecule has 0 aliphatic rings. The molecule has 0 spiro atoms. The van der Waals surface area contributed by atoms with Crippen molar-refractivity contribution in [2.45, 2.75) is 264 Å². The van der Waals surface area contributed by atoms with E-state index in [-0.39, 0.29) is 44.0 Å². The van der Waals surface area contributed by atoms with Gasteiger partial charge in [-0.25, -0.2) is 0 Å². The van der Waals surface area contributed by atoms with Crippen LogP contribution in [-0.2, 0) is 28.6 Å². The molecule has 1 atom stereocenters. The molecule has 0 radical (unpaired) electrons. The van der Waals surface area contributed by atoms with E-state index in [1.165, 1.54) is 109 Å². The average molecular weight is 946 g/mol. The lowest BCUT2D eigenvalue weighted by Gasteiger charge is -2.18. The molecule has 6 nitrogen and oxygen atoms in total. The zero-order chi connectivity index (χ0) is 49.3. The Morgan fingerprint density at radius 1 is 0.294 bits per heavy atom. The number of hydrogen-bond acceptors (Lipinski definition) is 6. The fourth-order valence-corrected chi connectivity index (χ4v) is 7.49. The second kappa shape index (κ2) is 55.9. The van der Waals surface area contributed by atoms with Gasteiger partial charge in [-0.15, -0.1) is 0 Å². The molecule has 68 heavy (non-hydrogen) atoms. The summed E-state index contributed by atoms with van der Waals surface area (Å²) in [6, 6.07) is 0. The van der Waals surface area contributed by atoms with Gasteiger partial charge in [-0.3, -0.25) is 14.4 Å². The van der Waals surface area contributed by atoms with Gasteiger partial charge in [0.05, 0.1) is 0 Å². The molecule has 0 aromatic rings. The van der Waals surface area contributed by atoms with Crippen LogP contribution in [0, 0.1) is 0 Å². The second-order valence-corrected chi connectivity index (χ2v) is 18.5. The van der Waals surface area contributed by atoms with E-state index in [0.29, 0.717) is 12.8 Å². The van der Waals surface area contributed by atoms with E-state index < -0.39 is 6.10 Å². The van der Waals surface area contributed by atoms with E-state index in [9.17, 15) is 14.4 Å². The van der Waals surface area contributed by atoms with Gasteiger partial charge >= 0.3 is 17.9 Å². The maximum absolute atomic E-state index is 12.8. The number of carbonyl (C=O) groups excluding carboxylic acids is 3. The summed E-state index contributed by atoms with van der Waals surface area (Å²) < 4.78 is 16.8. The van der Waals surface area contributed by atoms with Gasteiger partial charge in [0.2, 0.25) is 0 Å². The molecule has 0 aromatic carbocycles. The quantitative estimate of drug-likeness (QED) is 0.0262. The Morgan fingerprint density at radius 2 is 0.544 bits per heavy atom. The molecule has 388 valence electrons. The highest BCUT2D eigenvalue weighted by molar-refractivity contribution is 5.71. The number of hydrogen-bond donors (Lipinski definition) is 0. The van der Waals surface area contributed by atoms with Crippen LogP contribution in [0.2, 0.25) is 0 Å². The van der Waals surface area contributed by atoms with Gasteiger partial charge in [0.1, 0.15) is 13.2 Å². The third kappa shape index (κ3) is 53.3. The van der Waals surface area contributed by atoms with Crippen LogP contribution in [-0.4, -0.2) is 37.2 Å². The Kier molecular flexibility index (Phi) is 52.9. The lowest BCUT2D eigenvalue weighted by Crippen LogP contribution is -2.30. The first-order valence-corrected chi connectivity index (χ1v) is 28.2. The van der Waals surface area contributed by atoms with Crippen LogP contribution in [0.25, 0.3) is 0 Å². The molecule has 0 saturated carbocycles. The standard InChI is InChI=1S/C62H104O6/c1-4-7-10-13-16-19-22-25-28-31-34-37-40-43-46-49-52-55-61(64)67-58-59(57-66-60(63)54-51-48-45-42-39-36-33-30-27-24-21-18-15-12-9-6-3)68-62(65)56-53-50-47-44-41-38-35-32-29-26-23-20-17-14-11-8-5-2/h16-17,19-20,25-26,28-30,33-35,37-38,43,46,59H,4-15,18,21-24,27,31-32,36,39-42,44-45,47-58H2,1-3H3/b19-16-,20-17-,28-25-,29-26-,33-30-,37-34-,38-35-,46-43-/t59-/m1/s1. The highest BCUT2D eigenvalue weighted by Crippen LogP contribution is 2.13. The summed E-state index contributed by atoms with van der Waals surface area (Å²) in [4.78, 5) is 38.1. The minimum atomic E-state index is -0.816. The Labute approximate surface area is 419 Å². The van der Waals surface area contributed by atoms with Crippen molar-refractivity contribution in [2.75, 3.05) is 13.2 Å². The lowest BCUT2D eigenvalue weighted by atomic mass is 10.1. The molecule has 0 saturated heterocycles. The van der Waals surface area contributed by atoms with Crippen LogP contribution in [0.4, 0.5) is 0 Å². The highest BCUT2D eigenvalue weighted by Gasteiger charge is 2.19. The van der Waals surface area contributed by atoms with Crippen molar-refractivity contribution >= 4 is 17.9 Å². The zero-order valence-electron chi connectivity index (χ0n) is 44.3. The van der Waals surface area contributed by atoms with E-state index in [0.717, 1.165) is 103 Å². The van der Waals surface area contributed by atoms with Crippen molar-refractivity contribution in [1.82, 2.24) is 0 Å². The Balaban J connectivity index is 4.53. The second-order valence-electron chi connectivity index (χ2n) is 18.5. The number of rotatable bonds is 50. The van der Waals surface area contributed by atoms with Crippen LogP contribution >= 0.6 is 0 Å². The molecule has 0 rings (SSSR count). The van der Waals surface area contributed by atoms with E-state index >= 15 is 0 Å². The van der Waals surface area contributed by atoms with E-state index in [4.69, 9.17) is 14.2 Å². The van der Waals surface area contributed by atoms with Gasteiger partial charge < -0.3 is 14.2 Å². The molecular formula is C62H104O6. The molecule has 0 fully saturated rings. The predicted octanol–water partition coefficient (Wildman–Crippen LogP) is 18.9. The van der Waals surface area contributed by atoms with Gasteiger partial charge in [-0.1, -0.05) is 214 Å². The van der Waals surface area contributed by atoms with E-state index in [2.05, 4.69) is 118 Å². The third-order valence-corrected chi connectivity index (χ3v) is 11.8. The summed E-state index contributed by atoms with van der Waals surface area (Å²) in [5.41, 5.74) is 0. The molecule has 0 aliphatic carbocycles. The van der Waals surface area contributed by atoms with Gasteiger partial charge in [0.25, 0.3) is 0 Å². The smallest absolute Gasteiger partial charge is 0.306 e. The highest BCUT2D eigenvalue weighted by atomic mass is 16.6. The SMILES string of the molecule is CCCCC/C=C\C/C=C\C/C=C\C/C=C\CCCC(=O)OC[C@@H](COC(=O)CCCCCCC/C=C\CCCCCCCCC)OC(=O)CCCCCC/C=C\C/C=C\C/C=C\CCCCC. The largest absolute Gasteiger partial charge is 0.462 e. The number of allylic oxidation sites excluding steroid dienone is 16. The van der Waals surface area contributed by atoms with Gasteiger partial charge in [0, 0.05) is 19.3 Å². The van der Waals surface area contributed by atoms with Crippen LogP contribution in [0.3, 0.4) is 0 Å². The molecule has 0 N–H and O–H groups in total. The minimum Gasteiger partial charge on any atom is -0.462 e. The van der Waals surface area contributed by atoms with Crippen LogP contribution < -0.4 is 0 Å². The van der Waals surface area contributed by atoms with Crippen molar-refractivity contribution in [2.24, 2.45) is 0 Å². The van der Waals surface area contributed by atoms with Crippen molar-refractivity contribution in [1.29, 1.82) is 0 Å². The van der Waals surface area contributed by atoms with E-state index in [1.54, 1.807) is 0 Å². The molecule has 0 amide bonds. The molecule has 0 unspecified atom stereocenters. The maximum Gasteiger partial charge on any atom is 0.306 e. The molecule has 0 aromatic heterocycles. The summed E-state index contributed by atoms with van der Waals surface area (Å²) in [6.07, 6.45) is 73.9.